The van der Waals surface area contributed by atoms with Gasteiger partial charge in [0, 0.05) is 11.4 Å². The number of nitrogens with one attached hydrogen (secondary N) is 1. The Morgan fingerprint density at radius 1 is 1.38 bits per heavy atom. The van der Waals surface area contributed by atoms with E-state index in [9.17, 15) is 8.42 Å². The molecule has 0 fully saturated rings. The number of aliphatic hydroxyl groups excluding tert-OH is 1. The van der Waals surface area contributed by atoms with Crippen LogP contribution in [0.15, 0.2) is 29.2 Å². The van der Waals surface area contributed by atoms with E-state index in [-0.39, 0.29) is 11.5 Å². The third-order valence-electron chi connectivity index (χ3n) is 2.02. The Morgan fingerprint density at radius 3 is 2.38 bits per heavy atom. The first kappa shape index (κ1) is 13.6. The van der Waals surface area contributed by atoms with Crippen LogP contribution in [-0.4, -0.2) is 26.2 Å². The van der Waals surface area contributed by atoms with Crippen LogP contribution in [0.2, 0.25) is 0 Å². The first-order valence-electron chi connectivity index (χ1n) is 4.77. The van der Waals surface area contributed by atoms with Gasteiger partial charge in [-0.2, -0.15) is 0 Å². The molecule has 0 radical (unpaired) electrons. The minimum Gasteiger partial charge on any atom is -0.395 e. The normalized spacial score (nSPS) is 13.7. The molecule has 0 bridgehead atoms. The van der Waals surface area contributed by atoms with Crippen LogP contribution in [0.3, 0.4) is 0 Å². The van der Waals surface area contributed by atoms with Gasteiger partial charge in [-0.05, 0) is 24.6 Å². The largest absolute Gasteiger partial charge is 0.395 e. The predicted molar refractivity (Wildman–Crippen MR) is 65.9 cm³/mol. The van der Waals surface area contributed by atoms with Crippen molar-refractivity contribution in [1.29, 1.82) is 0 Å². The average Bonchev–Trinajstić information content (AvgIpc) is 2.28. The molecule has 0 aliphatic heterocycles. The van der Waals surface area contributed by atoms with Gasteiger partial charge in [-0.15, -0.1) is 0 Å². The van der Waals surface area contributed by atoms with Crippen LogP contribution < -0.4 is 4.72 Å². The number of hydrogen-bond donors (Lipinski definition) is 2. The molecule has 1 aromatic carbocycles. The Bertz CT molecular complexity index is 430. The van der Waals surface area contributed by atoms with E-state index in [0.717, 1.165) is 5.56 Å². The lowest BCUT2D eigenvalue weighted by molar-refractivity contribution is 0.265. The molecular formula is C10H14BrNO3S. The molecule has 0 heterocycles. The number of benzene rings is 1. The SMILES string of the molecule is C[C@@H](CO)NS(=O)(=O)c1ccc(CBr)cc1. The number of rotatable bonds is 5. The zero-order chi connectivity index (χ0) is 12.2. The first-order valence-corrected chi connectivity index (χ1v) is 7.38. The summed E-state index contributed by atoms with van der Waals surface area (Å²) < 4.78 is 25.9. The molecule has 2 N–H and O–H groups in total. The zero-order valence-corrected chi connectivity index (χ0v) is 11.3. The summed E-state index contributed by atoms with van der Waals surface area (Å²) in [4.78, 5) is 0.206. The van der Waals surface area contributed by atoms with Crippen LogP contribution >= 0.6 is 15.9 Å². The molecule has 1 aromatic rings. The molecule has 1 atom stereocenters. The van der Waals surface area contributed by atoms with Crippen LogP contribution in [0, 0.1) is 0 Å². The number of halogens is 1. The maximum absolute atomic E-state index is 11.8. The van der Waals surface area contributed by atoms with Crippen LogP contribution in [0.4, 0.5) is 0 Å². The first-order chi connectivity index (χ1) is 7.49. The van der Waals surface area contributed by atoms with Crippen LogP contribution in [0.25, 0.3) is 0 Å². The van der Waals surface area contributed by atoms with Gasteiger partial charge in [-0.1, -0.05) is 28.1 Å². The van der Waals surface area contributed by atoms with Crippen molar-refractivity contribution in [3.8, 4) is 0 Å². The fourth-order valence-corrected chi connectivity index (χ4v) is 2.74. The molecule has 16 heavy (non-hydrogen) atoms. The topological polar surface area (TPSA) is 66.4 Å². The van der Waals surface area contributed by atoms with Gasteiger partial charge in [-0.3, -0.25) is 0 Å². The average molecular weight is 308 g/mol. The van der Waals surface area contributed by atoms with Gasteiger partial charge in [0.05, 0.1) is 11.5 Å². The molecule has 90 valence electrons. The van der Waals surface area contributed by atoms with Crippen molar-refractivity contribution in [2.75, 3.05) is 6.61 Å². The molecule has 0 aliphatic carbocycles. The van der Waals surface area contributed by atoms with Crippen molar-refractivity contribution in [3.63, 3.8) is 0 Å². The van der Waals surface area contributed by atoms with Crippen molar-refractivity contribution in [3.05, 3.63) is 29.8 Å². The number of alkyl halides is 1. The lowest BCUT2D eigenvalue weighted by atomic mass is 10.2. The fraction of sp³-hybridized carbons (Fsp3) is 0.400. The standard InChI is InChI=1S/C10H14BrNO3S/c1-8(7-13)12-16(14,15)10-4-2-9(6-11)3-5-10/h2-5,8,12-13H,6-7H2,1H3/t8-/m0/s1. The molecule has 0 unspecified atom stereocenters. The second-order valence-electron chi connectivity index (χ2n) is 3.48. The van der Waals surface area contributed by atoms with Gasteiger partial charge < -0.3 is 5.11 Å². The Morgan fingerprint density at radius 2 is 1.94 bits per heavy atom. The monoisotopic (exact) mass is 307 g/mol. The molecule has 0 spiro atoms. The van der Waals surface area contributed by atoms with Crippen molar-refractivity contribution >= 4 is 26.0 Å². The van der Waals surface area contributed by atoms with E-state index in [1.807, 2.05) is 0 Å². The molecule has 0 saturated carbocycles. The molecule has 0 saturated heterocycles. The number of hydrogen-bond acceptors (Lipinski definition) is 3. The molecular weight excluding hydrogens is 294 g/mol. The molecule has 0 aliphatic rings. The Balaban J connectivity index is 2.90. The van der Waals surface area contributed by atoms with E-state index in [1.54, 1.807) is 31.2 Å². The van der Waals surface area contributed by atoms with Crippen molar-refractivity contribution in [1.82, 2.24) is 4.72 Å². The minimum absolute atomic E-state index is 0.206. The summed E-state index contributed by atoms with van der Waals surface area (Å²) in [7, 11) is -3.52. The molecule has 4 nitrogen and oxygen atoms in total. The molecule has 0 amide bonds. The summed E-state index contributed by atoms with van der Waals surface area (Å²) in [5.41, 5.74) is 1.01. The van der Waals surface area contributed by atoms with E-state index in [0.29, 0.717) is 5.33 Å². The summed E-state index contributed by atoms with van der Waals surface area (Å²) in [6.45, 7) is 1.38. The Hall–Kier alpha value is -0.430. The Labute approximate surface area is 104 Å². The molecule has 0 aromatic heterocycles. The van der Waals surface area contributed by atoms with Crippen molar-refractivity contribution in [2.24, 2.45) is 0 Å². The van der Waals surface area contributed by atoms with Crippen LogP contribution in [0.1, 0.15) is 12.5 Å². The summed E-state index contributed by atoms with van der Waals surface area (Å²) >= 11 is 3.29. The summed E-state index contributed by atoms with van der Waals surface area (Å²) in [6.07, 6.45) is 0. The summed E-state index contributed by atoms with van der Waals surface area (Å²) in [6, 6.07) is 6.09. The zero-order valence-electron chi connectivity index (χ0n) is 8.85. The third-order valence-corrected chi connectivity index (χ3v) is 4.27. The second-order valence-corrected chi connectivity index (χ2v) is 5.76. The minimum atomic E-state index is -3.52. The maximum atomic E-state index is 11.8. The highest BCUT2D eigenvalue weighted by Gasteiger charge is 2.16. The van der Waals surface area contributed by atoms with E-state index in [1.165, 1.54) is 0 Å². The lowest BCUT2D eigenvalue weighted by Crippen LogP contribution is -2.34. The van der Waals surface area contributed by atoms with Gasteiger partial charge >= 0.3 is 0 Å². The van der Waals surface area contributed by atoms with Gasteiger partial charge in [-0.25, -0.2) is 13.1 Å². The second kappa shape index (κ2) is 5.77. The van der Waals surface area contributed by atoms with Gasteiger partial charge in [0.1, 0.15) is 0 Å². The van der Waals surface area contributed by atoms with Gasteiger partial charge in [0.2, 0.25) is 10.0 Å². The fourth-order valence-electron chi connectivity index (χ4n) is 1.13. The highest BCUT2D eigenvalue weighted by Crippen LogP contribution is 2.12. The van der Waals surface area contributed by atoms with Gasteiger partial charge in [0.15, 0.2) is 0 Å². The number of aliphatic hydroxyl groups is 1. The molecule has 6 heteroatoms. The van der Waals surface area contributed by atoms with Gasteiger partial charge in [0.25, 0.3) is 0 Å². The van der Waals surface area contributed by atoms with Crippen molar-refractivity contribution in [2.45, 2.75) is 23.2 Å². The van der Waals surface area contributed by atoms with Crippen molar-refractivity contribution < 1.29 is 13.5 Å². The van der Waals surface area contributed by atoms with E-state index in [2.05, 4.69) is 20.7 Å². The van der Waals surface area contributed by atoms with E-state index in [4.69, 9.17) is 5.11 Å². The Kier molecular flexibility index (Phi) is 4.91. The van der Waals surface area contributed by atoms with Crippen LogP contribution in [0.5, 0.6) is 0 Å². The van der Waals surface area contributed by atoms with E-state index >= 15 is 0 Å². The molecule has 1 rings (SSSR count). The lowest BCUT2D eigenvalue weighted by Gasteiger charge is -2.11. The van der Waals surface area contributed by atoms with Crippen LogP contribution in [-0.2, 0) is 15.4 Å². The summed E-state index contributed by atoms with van der Waals surface area (Å²) in [5.74, 6) is 0. The highest BCUT2D eigenvalue weighted by atomic mass is 79.9. The highest BCUT2D eigenvalue weighted by molar-refractivity contribution is 9.08. The van der Waals surface area contributed by atoms with E-state index < -0.39 is 16.1 Å². The number of sulfonamides is 1. The third kappa shape index (κ3) is 3.55. The smallest absolute Gasteiger partial charge is 0.240 e. The quantitative estimate of drug-likeness (QED) is 0.804. The maximum Gasteiger partial charge on any atom is 0.240 e. The predicted octanol–water partition coefficient (Wildman–Crippen LogP) is 1.24. The summed E-state index contributed by atoms with van der Waals surface area (Å²) in [5, 5.41) is 9.48.